The number of hydrogen-bond donors (Lipinski definition) is 0. The summed E-state index contributed by atoms with van der Waals surface area (Å²) in [6.45, 7) is 2.20. The van der Waals surface area contributed by atoms with Crippen molar-refractivity contribution in [1.29, 1.82) is 0 Å². The number of aromatic nitrogens is 3. The quantitative estimate of drug-likeness (QED) is 0.639. The highest BCUT2D eigenvalue weighted by atomic mass is 32.2. The highest BCUT2D eigenvalue weighted by molar-refractivity contribution is 8.00. The highest BCUT2D eigenvalue weighted by Crippen LogP contribution is 2.36. The molecule has 2 aromatic rings. The minimum Gasteiger partial charge on any atom is -0.465 e. The minimum atomic E-state index is -0.228. The molecule has 7 heteroatoms. The molecule has 0 saturated heterocycles. The van der Waals surface area contributed by atoms with Gasteiger partial charge in [-0.1, -0.05) is 23.9 Å². The summed E-state index contributed by atoms with van der Waals surface area (Å²) in [4.78, 5) is 12.7. The lowest BCUT2D eigenvalue weighted by atomic mass is 10.3. The normalized spacial score (nSPS) is 12.7. The van der Waals surface area contributed by atoms with Crippen molar-refractivity contribution in [3.8, 4) is 5.69 Å². The molecule has 0 fully saturated rings. The number of benzene rings is 1. The minimum absolute atomic E-state index is 0.228. The Morgan fingerprint density at radius 1 is 1.45 bits per heavy atom. The van der Waals surface area contributed by atoms with Crippen LogP contribution in [0.4, 0.5) is 0 Å². The molecule has 0 bridgehead atoms. The van der Waals surface area contributed by atoms with E-state index in [-0.39, 0.29) is 11.7 Å². The zero-order valence-corrected chi connectivity index (χ0v) is 12.5. The van der Waals surface area contributed by atoms with Crippen molar-refractivity contribution < 1.29 is 9.53 Å². The lowest BCUT2D eigenvalue weighted by Gasteiger charge is -2.18. The van der Waals surface area contributed by atoms with Gasteiger partial charge < -0.3 is 4.74 Å². The summed E-state index contributed by atoms with van der Waals surface area (Å²) >= 11 is 3.11. The molecule has 1 aromatic carbocycles. The topological polar surface area (TPSA) is 57.0 Å². The smallest absolute Gasteiger partial charge is 0.316 e. The average molecular weight is 307 g/mol. The summed E-state index contributed by atoms with van der Waals surface area (Å²) in [5, 5.41) is 9.12. The Morgan fingerprint density at radius 2 is 2.30 bits per heavy atom. The molecule has 1 aliphatic rings. The molecule has 20 heavy (non-hydrogen) atoms. The van der Waals surface area contributed by atoms with Crippen molar-refractivity contribution in [3.63, 3.8) is 0 Å². The van der Waals surface area contributed by atoms with E-state index in [0.29, 0.717) is 6.61 Å². The molecule has 0 aliphatic carbocycles. The molecular formula is C13H13N3O2S2. The maximum atomic E-state index is 11.4. The second-order valence-corrected chi connectivity index (χ2v) is 6.04. The Bertz CT molecular complexity index is 642. The van der Waals surface area contributed by atoms with Crippen LogP contribution < -0.4 is 0 Å². The number of thioether (sulfide) groups is 2. The van der Waals surface area contributed by atoms with Crippen LogP contribution in [0.1, 0.15) is 12.7 Å². The van der Waals surface area contributed by atoms with Crippen LogP contribution in [0.25, 0.3) is 5.69 Å². The summed E-state index contributed by atoms with van der Waals surface area (Å²) in [5.41, 5.74) is 1.08. The molecule has 0 unspecified atom stereocenters. The fourth-order valence-electron chi connectivity index (χ4n) is 1.96. The number of para-hydroxylation sites is 1. The Morgan fingerprint density at radius 3 is 3.15 bits per heavy atom. The van der Waals surface area contributed by atoms with Crippen LogP contribution in [-0.2, 0) is 15.3 Å². The third-order valence-electron chi connectivity index (χ3n) is 2.79. The standard InChI is InChI=1S/C13H13N3O2S2/c1-2-18-12(17)8-20-13-15-14-11-7-19-10-6-4-3-5-9(10)16(11)13/h3-6H,2,7-8H2,1H3. The molecule has 1 aromatic heterocycles. The Balaban J connectivity index is 1.86. The number of fused-ring (bicyclic) bond motifs is 3. The van der Waals surface area contributed by atoms with Gasteiger partial charge in [0.1, 0.15) is 5.82 Å². The van der Waals surface area contributed by atoms with E-state index in [2.05, 4.69) is 16.3 Å². The van der Waals surface area contributed by atoms with Crippen LogP contribution in [0.3, 0.4) is 0 Å². The van der Waals surface area contributed by atoms with Crippen molar-refractivity contribution in [2.45, 2.75) is 22.7 Å². The monoisotopic (exact) mass is 307 g/mol. The second kappa shape index (κ2) is 5.88. The molecule has 0 radical (unpaired) electrons. The summed E-state index contributed by atoms with van der Waals surface area (Å²) < 4.78 is 6.96. The molecule has 5 nitrogen and oxygen atoms in total. The lowest BCUT2D eigenvalue weighted by molar-refractivity contribution is -0.139. The van der Waals surface area contributed by atoms with Crippen LogP contribution in [0.15, 0.2) is 34.3 Å². The molecule has 0 atom stereocenters. The number of nitrogens with zero attached hydrogens (tertiary/aromatic N) is 3. The van der Waals surface area contributed by atoms with E-state index in [1.54, 1.807) is 18.7 Å². The van der Waals surface area contributed by atoms with Gasteiger partial charge in [0.25, 0.3) is 0 Å². The van der Waals surface area contributed by atoms with Gasteiger partial charge in [0.05, 0.1) is 23.8 Å². The SMILES string of the molecule is CCOC(=O)CSc1nnc2n1-c1ccccc1SC2. The van der Waals surface area contributed by atoms with Crippen LogP contribution in [0.2, 0.25) is 0 Å². The molecule has 1 aliphatic heterocycles. The molecule has 0 N–H and O–H groups in total. The van der Waals surface area contributed by atoms with Crippen LogP contribution >= 0.6 is 23.5 Å². The van der Waals surface area contributed by atoms with Crippen molar-refractivity contribution in [1.82, 2.24) is 14.8 Å². The van der Waals surface area contributed by atoms with Crippen molar-refractivity contribution >= 4 is 29.5 Å². The van der Waals surface area contributed by atoms with Crippen molar-refractivity contribution in [2.75, 3.05) is 12.4 Å². The largest absolute Gasteiger partial charge is 0.465 e. The maximum Gasteiger partial charge on any atom is 0.316 e. The first-order valence-electron chi connectivity index (χ1n) is 6.24. The fourth-order valence-corrected chi connectivity index (χ4v) is 3.68. The number of carbonyl (C=O) groups is 1. The van der Waals surface area contributed by atoms with Gasteiger partial charge in [0.2, 0.25) is 0 Å². The first-order chi connectivity index (χ1) is 9.79. The Hall–Kier alpha value is -1.47. The van der Waals surface area contributed by atoms with E-state index in [4.69, 9.17) is 4.74 Å². The van der Waals surface area contributed by atoms with Crippen molar-refractivity contribution in [2.24, 2.45) is 0 Å². The lowest BCUT2D eigenvalue weighted by Crippen LogP contribution is -2.10. The molecular weight excluding hydrogens is 294 g/mol. The van der Waals surface area contributed by atoms with E-state index >= 15 is 0 Å². The van der Waals surface area contributed by atoms with E-state index in [1.807, 2.05) is 22.8 Å². The number of rotatable bonds is 4. The summed E-state index contributed by atoms with van der Waals surface area (Å²) in [5.74, 6) is 1.74. The molecule has 0 saturated carbocycles. The van der Waals surface area contributed by atoms with Crippen molar-refractivity contribution in [3.05, 3.63) is 30.1 Å². The number of esters is 1. The molecule has 0 spiro atoms. The second-order valence-electron chi connectivity index (χ2n) is 4.08. The van der Waals surface area contributed by atoms with Gasteiger partial charge >= 0.3 is 5.97 Å². The number of carbonyl (C=O) groups excluding carboxylic acids is 1. The fraction of sp³-hybridized carbons (Fsp3) is 0.308. The summed E-state index contributed by atoms with van der Waals surface area (Å²) in [6, 6.07) is 8.15. The Labute approximate surface area is 125 Å². The van der Waals surface area contributed by atoms with Gasteiger partial charge in [-0.2, -0.15) is 0 Å². The van der Waals surface area contributed by atoms with Gasteiger partial charge in [-0.05, 0) is 19.1 Å². The van der Waals surface area contributed by atoms with Crippen LogP contribution in [-0.4, -0.2) is 33.1 Å². The predicted molar refractivity (Wildman–Crippen MR) is 78.3 cm³/mol. The summed E-state index contributed by atoms with van der Waals surface area (Å²) in [7, 11) is 0. The molecule has 0 amide bonds. The van der Waals surface area contributed by atoms with E-state index in [9.17, 15) is 4.79 Å². The highest BCUT2D eigenvalue weighted by Gasteiger charge is 2.22. The predicted octanol–water partition coefficient (Wildman–Crippen LogP) is 2.53. The first-order valence-corrected chi connectivity index (χ1v) is 8.21. The van der Waals surface area contributed by atoms with Gasteiger partial charge in [-0.15, -0.1) is 22.0 Å². The average Bonchev–Trinajstić information content (AvgIpc) is 2.89. The maximum absolute atomic E-state index is 11.4. The van der Waals surface area contributed by atoms with E-state index < -0.39 is 0 Å². The zero-order chi connectivity index (χ0) is 13.9. The molecule has 3 rings (SSSR count). The van der Waals surface area contributed by atoms with Gasteiger partial charge in [0.15, 0.2) is 5.16 Å². The zero-order valence-electron chi connectivity index (χ0n) is 10.9. The molecule has 104 valence electrons. The summed E-state index contributed by atoms with van der Waals surface area (Å²) in [6.07, 6.45) is 0. The third-order valence-corrected chi connectivity index (χ3v) is 4.75. The Kier molecular flexibility index (Phi) is 3.98. The number of hydrogen-bond acceptors (Lipinski definition) is 6. The van der Waals surface area contributed by atoms with Crippen LogP contribution in [0.5, 0.6) is 0 Å². The van der Waals surface area contributed by atoms with Gasteiger partial charge in [-0.3, -0.25) is 9.36 Å². The van der Waals surface area contributed by atoms with E-state index in [1.165, 1.54) is 16.7 Å². The molecule has 2 heterocycles. The van der Waals surface area contributed by atoms with Gasteiger partial charge in [0, 0.05) is 4.90 Å². The van der Waals surface area contributed by atoms with Gasteiger partial charge in [-0.25, -0.2) is 0 Å². The first kappa shape index (κ1) is 13.5. The number of ether oxygens (including phenoxy) is 1. The van der Waals surface area contributed by atoms with Crippen LogP contribution in [0, 0.1) is 0 Å². The third kappa shape index (κ3) is 2.55. The van der Waals surface area contributed by atoms with E-state index in [0.717, 1.165) is 22.4 Å².